The SMILES string of the molecule is CN(c1ccc(/C(N)=N/O)cc1Br)C1CCCC1. The van der Waals surface area contributed by atoms with Gasteiger partial charge in [-0.25, -0.2) is 0 Å². The van der Waals surface area contributed by atoms with Gasteiger partial charge in [-0.2, -0.15) is 0 Å². The Kier molecular flexibility index (Phi) is 4.11. The molecule has 0 bridgehead atoms. The third-order valence-corrected chi connectivity index (χ3v) is 4.24. The summed E-state index contributed by atoms with van der Waals surface area (Å²) in [6.45, 7) is 0. The van der Waals surface area contributed by atoms with Crippen LogP contribution in [0.5, 0.6) is 0 Å². The second-order valence-electron chi connectivity index (χ2n) is 4.70. The first-order valence-corrected chi connectivity index (χ1v) is 6.93. The van der Waals surface area contributed by atoms with Crippen LogP contribution in [0.1, 0.15) is 31.2 Å². The quantitative estimate of drug-likeness (QED) is 0.390. The maximum Gasteiger partial charge on any atom is 0.170 e. The molecule has 0 atom stereocenters. The molecule has 1 aliphatic rings. The number of anilines is 1. The van der Waals surface area contributed by atoms with Crippen molar-refractivity contribution in [3.63, 3.8) is 0 Å². The fraction of sp³-hybridized carbons (Fsp3) is 0.462. The minimum Gasteiger partial charge on any atom is -0.409 e. The Labute approximate surface area is 116 Å². The molecule has 0 spiro atoms. The molecule has 18 heavy (non-hydrogen) atoms. The van der Waals surface area contributed by atoms with Gasteiger partial charge < -0.3 is 15.8 Å². The van der Waals surface area contributed by atoms with Crippen LogP contribution >= 0.6 is 15.9 Å². The number of rotatable bonds is 3. The molecule has 0 aromatic heterocycles. The minimum absolute atomic E-state index is 0.130. The highest BCUT2D eigenvalue weighted by atomic mass is 79.9. The van der Waals surface area contributed by atoms with Crippen molar-refractivity contribution in [2.75, 3.05) is 11.9 Å². The third-order valence-electron chi connectivity index (χ3n) is 3.60. The number of amidine groups is 1. The molecule has 1 aliphatic carbocycles. The van der Waals surface area contributed by atoms with E-state index in [1.165, 1.54) is 25.7 Å². The summed E-state index contributed by atoms with van der Waals surface area (Å²) in [5, 5.41) is 11.7. The summed E-state index contributed by atoms with van der Waals surface area (Å²) in [5.41, 5.74) is 7.44. The zero-order chi connectivity index (χ0) is 13.1. The number of hydrogen-bond donors (Lipinski definition) is 2. The molecule has 1 fully saturated rings. The topological polar surface area (TPSA) is 61.8 Å². The molecule has 1 aromatic rings. The highest BCUT2D eigenvalue weighted by molar-refractivity contribution is 9.10. The van der Waals surface area contributed by atoms with Crippen molar-refractivity contribution in [3.05, 3.63) is 28.2 Å². The number of nitrogens with zero attached hydrogens (tertiary/aromatic N) is 2. The second kappa shape index (κ2) is 5.61. The van der Waals surface area contributed by atoms with E-state index in [1.807, 2.05) is 18.2 Å². The van der Waals surface area contributed by atoms with Crippen LogP contribution in [-0.4, -0.2) is 24.1 Å². The zero-order valence-electron chi connectivity index (χ0n) is 10.4. The molecule has 0 aliphatic heterocycles. The molecular formula is C13H18BrN3O. The summed E-state index contributed by atoms with van der Waals surface area (Å²) < 4.78 is 0.973. The summed E-state index contributed by atoms with van der Waals surface area (Å²) >= 11 is 3.56. The summed E-state index contributed by atoms with van der Waals surface area (Å²) in [4.78, 5) is 2.31. The summed E-state index contributed by atoms with van der Waals surface area (Å²) in [5.74, 6) is 0.130. The van der Waals surface area contributed by atoms with E-state index in [9.17, 15) is 0 Å². The highest BCUT2D eigenvalue weighted by Crippen LogP contribution is 2.32. The van der Waals surface area contributed by atoms with Crippen molar-refractivity contribution in [2.24, 2.45) is 10.9 Å². The van der Waals surface area contributed by atoms with Crippen LogP contribution < -0.4 is 10.6 Å². The van der Waals surface area contributed by atoms with Gasteiger partial charge in [-0.15, -0.1) is 0 Å². The molecule has 0 amide bonds. The van der Waals surface area contributed by atoms with Crippen molar-refractivity contribution >= 4 is 27.5 Å². The number of hydrogen-bond acceptors (Lipinski definition) is 3. The van der Waals surface area contributed by atoms with E-state index in [2.05, 4.69) is 33.0 Å². The largest absolute Gasteiger partial charge is 0.409 e. The van der Waals surface area contributed by atoms with Gasteiger partial charge in [0, 0.05) is 23.1 Å². The van der Waals surface area contributed by atoms with Gasteiger partial charge in [0.2, 0.25) is 0 Å². The first-order valence-electron chi connectivity index (χ1n) is 6.13. The predicted molar refractivity (Wildman–Crippen MR) is 77.3 cm³/mol. The van der Waals surface area contributed by atoms with E-state index in [-0.39, 0.29) is 5.84 Å². The van der Waals surface area contributed by atoms with Gasteiger partial charge in [0.15, 0.2) is 5.84 Å². The molecule has 5 heteroatoms. The van der Waals surface area contributed by atoms with Crippen LogP contribution in [0.2, 0.25) is 0 Å². The van der Waals surface area contributed by atoms with Crippen LogP contribution in [0.4, 0.5) is 5.69 Å². The molecule has 1 saturated carbocycles. The monoisotopic (exact) mass is 311 g/mol. The van der Waals surface area contributed by atoms with E-state index in [1.54, 1.807) is 0 Å². The fourth-order valence-electron chi connectivity index (χ4n) is 2.50. The average molecular weight is 312 g/mol. The maximum atomic E-state index is 8.67. The summed E-state index contributed by atoms with van der Waals surface area (Å²) in [6, 6.07) is 6.39. The standard InChI is InChI=1S/C13H18BrN3O/c1-17(10-4-2-3-5-10)12-7-6-9(8-11(12)14)13(15)16-18/h6-8,10,18H,2-5H2,1H3,(H2,15,16). The maximum absolute atomic E-state index is 8.67. The van der Waals surface area contributed by atoms with Gasteiger partial charge in [-0.1, -0.05) is 18.0 Å². The van der Waals surface area contributed by atoms with Crippen LogP contribution in [0, 0.1) is 0 Å². The Balaban J connectivity index is 2.23. The van der Waals surface area contributed by atoms with E-state index >= 15 is 0 Å². The predicted octanol–water partition coefficient (Wildman–Crippen LogP) is 2.92. The lowest BCUT2D eigenvalue weighted by molar-refractivity contribution is 0.318. The fourth-order valence-corrected chi connectivity index (χ4v) is 3.16. The van der Waals surface area contributed by atoms with Gasteiger partial charge in [0.25, 0.3) is 0 Å². The summed E-state index contributed by atoms with van der Waals surface area (Å²) in [7, 11) is 2.12. The molecule has 0 radical (unpaired) electrons. The molecule has 0 saturated heterocycles. The highest BCUT2D eigenvalue weighted by Gasteiger charge is 2.21. The van der Waals surface area contributed by atoms with Crippen LogP contribution in [-0.2, 0) is 0 Å². The Hall–Kier alpha value is -1.23. The molecule has 0 unspecified atom stereocenters. The van der Waals surface area contributed by atoms with Gasteiger partial charge in [0.05, 0.1) is 5.69 Å². The van der Waals surface area contributed by atoms with E-state index < -0.39 is 0 Å². The van der Waals surface area contributed by atoms with Crippen molar-refractivity contribution in [2.45, 2.75) is 31.7 Å². The summed E-state index contributed by atoms with van der Waals surface area (Å²) in [6.07, 6.45) is 5.14. The van der Waals surface area contributed by atoms with E-state index in [0.29, 0.717) is 11.6 Å². The molecule has 3 N–H and O–H groups in total. The first-order chi connectivity index (χ1) is 8.63. The lowest BCUT2D eigenvalue weighted by atomic mass is 10.1. The Morgan fingerprint density at radius 2 is 2.11 bits per heavy atom. The number of nitrogens with two attached hydrogens (primary N) is 1. The van der Waals surface area contributed by atoms with Crippen molar-refractivity contribution in [1.29, 1.82) is 0 Å². The Bertz CT molecular complexity index is 456. The van der Waals surface area contributed by atoms with E-state index in [4.69, 9.17) is 10.9 Å². The van der Waals surface area contributed by atoms with Gasteiger partial charge in [0.1, 0.15) is 0 Å². The molecule has 2 rings (SSSR count). The average Bonchev–Trinajstić information content (AvgIpc) is 2.90. The minimum atomic E-state index is 0.130. The lowest BCUT2D eigenvalue weighted by Gasteiger charge is -2.27. The molecule has 4 nitrogen and oxygen atoms in total. The van der Waals surface area contributed by atoms with Gasteiger partial charge >= 0.3 is 0 Å². The Morgan fingerprint density at radius 3 is 2.67 bits per heavy atom. The number of benzene rings is 1. The first kappa shape index (κ1) is 13.2. The number of halogens is 1. The Morgan fingerprint density at radius 1 is 1.44 bits per heavy atom. The van der Waals surface area contributed by atoms with Crippen LogP contribution in [0.15, 0.2) is 27.8 Å². The molecule has 1 aromatic carbocycles. The molecule has 0 heterocycles. The molecule has 98 valence electrons. The van der Waals surface area contributed by atoms with Crippen molar-refractivity contribution < 1.29 is 5.21 Å². The molecular weight excluding hydrogens is 294 g/mol. The van der Waals surface area contributed by atoms with E-state index in [0.717, 1.165) is 10.2 Å². The smallest absolute Gasteiger partial charge is 0.170 e. The van der Waals surface area contributed by atoms with Gasteiger partial charge in [-0.3, -0.25) is 0 Å². The number of oxime groups is 1. The van der Waals surface area contributed by atoms with Crippen molar-refractivity contribution in [3.8, 4) is 0 Å². The zero-order valence-corrected chi connectivity index (χ0v) is 12.0. The van der Waals surface area contributed by atoms with Crippen LogP contribution in [0.3, 0.4) is 0 Å². The normalized spacial score (nSPS) is 17.1. The van der Waals surface area contributed by atoms with Gasteiger partial charge in [-0.05, 0) is 47.0 Å². The third kappa shape index (κ3) is 2.61. The van der Waals surface area contributed by atoms with Crippen LogP contribution in [0.25, 0.3) is 0 Å². The van der Waals surface area contributed by atoms with Crippen molar-refractivity contribution in [1.82, 2.24) is 0 Å². The lowest BCUT2D eigenvalue weighted by Crippen LogP contribution is -2.29. The second-order valence-corrected chi connectivity index (χ2v) is 5.55.